The van der Waals surface area contributed by atoms with Crippen molar-refractivity contribution in [3.8, 4) is 5.75 Å². The zero-order valence-electron chi connectivity index (χ0n) is 16.8. The predicted molar refractivity (Wildman–Crippen MR) is 115 cm³/mol. The zero-order chi connectivity index (χ0) is 19.8. The smallest absolute Gasteiger partial charge is 0.228 e. The first kappa shape index (κ1) is 18.3. The second-order valence-electron chi connectivity index (χ2n) is 8.47. The molecule has 1 aromatic heterocycles. The molecule has 5 rings (SSSR count). The summed E-state index contributed by atoms with van der Waals surface area (Å²) in [4.78, 5) is 18.8. The monoisotopic (exact) mass is 389 g/mol. The Kier molecular flexibility index (Phi) is 4.55. The van der Waals surface area contributed by atoms with Crippen molar-refractivity contribution in [2.75, 3.05) is 25.5 Å². The van der Waals surface area contributed by atoms with Crippen LogP contribution in [-0.4, -0.2) is 36.0 Å². The molecule has 1 amide bonds. The number of fused-ring (bicyclic) bond motifs is 1. The van der Waals surface area contributed by atoms with Crippen LogP contribution in [0.25, 0.3) is 10.9 Å². The van der Waals surface area contributed by atoms with Crippen molar-refractivity contribution in [2.24, 2.45) is 11.3 Å². The lowest BCUT2D eigenvalue weighted by atomic mass is 9.90. The fourth-order valence-electron chi connectivity index (χ4n) is 4.85. The maximum Gasteiger partial charge on any atom is 0.228 e. The average Bonchev–Trinajstić information content (AvgIpc) is 3.29. The summed E-state index contributed by atoms with van der Waals surface area (Å²) >= 11 is 0. The number of methoxy groups -OCH3 is 1. The first-order valence-corrected chi connectivity index (χ1v) is 10.4. The second-order valence-corrected chi connectivity index (χ2v) is 8.47. The molecular formula is C24H27N3O2. The number of nitrogens with zero attached hydrogens (tertiary/aromatic N) is 1. The van der Waals surface area contributed by atoms with E-state index in [4.69, 9.17) is 4.74 Å². The number of anilines is 1. The Morgan fingerprint density at radius 1 is 1.17 bits per heavy atom. The Hall–Kier alpha value is -2.79. The fraction of sp³-hybridized carbons (Fsp3) is 0.375. The van der Waals surface area contributed by atoms with E-state index in [1.165, 1.54) is 16.6 Å². The van der Waals surface area contributed by atoms with Crippen molar-refractivity contribution in [1.82, 2.24) is 9.88 Å². The van der Waals surface area contributed by atoms with E-state index < -0.39 is 0 Å². The lowest BCUT2D eigenvalue weighted by molar-refractivity contribution is -0.118. The molecule has 2 heterocycles. The number of H-pyrrole nitrogens is 1. The van der Waals surface area contributed by atoms with Crippen LogP contribution < -0.4 is 10.1 Å². The van der Waals surface area contributed by atoms with Gasteiger partial charge in [-0.2, -0.15) is 0 Å². The summed E-state index contributed by atoms with van der Waals surface area (Å²) in [6.07, 6.45) is 3.20. The van der Waals surface area contributed by atoms with Gasteiger partial charge in [0.25, 0.3) is 0 Å². The number of piperidine rings is 1. The third-order valence-electron chi connectivity index (χ3n) is 6.70. The zero-order valence-corrected chi connectivity index (χ0v) is 16.8. The quantitative estimate of drug-likeness (QED) is 0.679. The molecule has 2 aliphatic rings. The first-order valence-electron chi connectivity index (χ1n) is 10.4. The van der Waals surface area contributed by atoms with Gasteiger partial charge in [-0.3, -0.25) is 9.69 Å². The van der Waals surface area contributed by atoms with Gasteiger partial charge < -0.3 is 15.0 Å². The van der Waals surface area contributed by atoms with Crippen LogP contribution >= 0.6 is 0 Å². The molecule has 2 fully saturated rings. The molecule has 5 nitrogen and oxygen atoms in total. The maximum atomic E-state index is 12.8. The number of rotatable bonds is 5. The number of hydrogen-bond donors (Lipinski definition) is 2. The molecule has 1 aliphatic carbocycles. The van der Waals surface area contributed by atoms with Crippen LogP contribution in [0.2, 0.25) is 0 Å². The van der Waals surface area contributed by atoms with E-state index in [0.29, 0.717) is 5.75 Å². The SMILES string of the molecule is COc1ccccc1NC(=O)C1CC12CCN(Cc1cc3ccccc3[nH]1)CC2. The number of carbonyl (C=O) groups is 1. The van der Waals surface area contributed by atoms with Gasteiger partial charge in [0.05, 0.1) is 12.8 Å². The molecule has 150 valence electrons. The molecule has 5 heteroatoms. The highest BCUT2D eigenvalue weighted by atomic mass is 16.5. The van der Waals surface area contributed by atoms with Gasteiger partial charge in [-0.05, 0) is 67.4 Å². The molecule has 0 radical (unpaired) electrons. The summed E-state index contributed by atoms with van der Waals surface area (Å²) < 4.78 is 5.35. The van der Waals surface area contributed by atoms with Crippen LogP contribution in [0.4, 0.5) is 5.69 Å². The third-order valence-corrected chi connectivity index (χ3v) is 6.70. The summed E-state index contributed by atoms with van der Waals surface area (Å²) in [6.45, 7) is 3.05. The van der Waals surface area contributed by atoms with Gasteiger partial charge in [-0.15, -0.1) is 0 Å². The number of aromatic amines is 1. The highest BCUT2D eigenvalue weighted by Crippen LogP contribution is 2.59. The van der Waals surface area contributed by atoms with Gasteiger partial charge in [0, 0.05) is 23.7 Å². The lowest BCUT2D eigenvalue weighted by Gasteiger charge is -2.32. The number of benzene rings is 2. The van der Waals surface area contributed by atoms with Crippen molar-refractivity contribution in [1.29, 1.82) is 0 Å². The maximum absolute atomic E-state index is 12.8. The molecule has 29 heavy (non-hydrogen) atoms. The summed E-state index contributed by atoms with van der Waals surface area (Å²) in [6, 6.07) is 18.3. The number of aromatic nitrogens is 1. The minimum Gasteiger partial charge on any atom is -0.495 e. The number of nitrogens with one attached hydrogen (secondary N) is 2. The molecule has 1 aliphatic heterocycles. The Morgan fingerprint density at radius 3 is 2.72 bits per heavy atom. The van der Waals surface area contributed by atoms with Gasteiger partial charge in [0.2, 0.25) is 5.91 Å². The minimum atomic E-state index is 0.127. The average molecular weight is 389 g/mol. The summed E-state index contributed by atoms with van der Waals surface area (Å²) in [5.74, 6) is 0.977. The van der Waals surface area contributed by atoms with E-state index in [2.05, 4.69) is 45.5 Å². The van der Waals surface area contributed by atoms with Crippen LogP contribution in [0.15, 0.2) is 54.6 Å². The van der Waals surface area contributed by atoms with E-state index in [1.54, 1.807) is 7.11 Å². The molecule has 1 saturated carbocycles. The number of amides is 1. The molecule has 1 saturated heterocycles. The molecule has 1 atom stereocenters. The lowest BCUT2D eigenvalue weighted by Crippen LogP contribution is -2.35. The van der Waals surface area contributed by atoms with Gasteiger partial charge >= 0.3 is 0 Å². The van der Waals surface area contributed by atoms with E-state index in [1.807, 2.05) is 24.3 Å². The number of hydrogen-bond acceptors (Lipinski definition) is 3. The number of ether oxygens (including phenoxy) is 1. The fourth-order valence-corrected chi connectivity index (χ4v) is 4.85. The highest BCUT2D eigenvalue weighted by Gasteiger charge is 2.58. The Morgan fingerprint density at radius 2 is 1.93 bits per heavy atom. The van der Waals surface area contributed by atoms with Gasteiger partial charge in [0.15, 0.2) is 0 Å². The van der Waals surface area contributed by atoms with Crippen LogP contribution in [-0.2, 0) is 11.3 Å². The summed E-state index contributed by atoms with van der Waals surface area (Å²) in [5.41, 5.74) is 3.43. The van der Waals surface area contributed by atoms with Crippen molar-refractivity contribution >= 4 is 22.5 Å². The van der Waals surface area contributed by atoms with Crippen molar-refractivity contribution in [3.05, 3.63) is 60.3 Å². The van der Waals surface area contributed by atoms with Crippen molar-refractivity contribution in [2.45, 2.75) is 25.8 Å². The highest BCUT2D eigenvalue weighted by molar-refractivity contribution is 5.96. The normalized spacial score (nSPS) is 20.7. The summed E-state index contributed by atoms with van der Waals surface area (Å²) in [5, 5.41) is 4.35. The Labute approximate surface area is 171 Å². The van der Waals surface area contributed by atoms with Crippen LogP contribution in [0.1, 0.15) is 25.0 Å². The van der Waals surface area contributed by atoms with Crippen LogP contribution in [0, 0.1) is 11.3 Å². The van der Waals surface area contributed by atoms with Crippen molar-refractivity contribution < 1.29 is 9.53 Å². The largest absolute Gasteiger partial charge is 0.495 e. The number of para-hydroxylation sites is 3. The third kappa shape index (κ3) is 3.51. The first-order chi connectivity index (χ1) is 14.2. The van der Waals surface area contributed by atoms with E-state index in [-0.39, 0.29) is 17.2 Å². The molecule has 1 unspecified atom stereocenters. The minimum absolute atomic E-state index is 0.127. The van der Waals surface area contributed by atoms with Crippen molar-refractivity contribution in [3.63, 3.8) is 0 Å². The van der Waals surface area contributed by atoms with E-state index in [0.717, 1.165) is 44.6 Å². The Balaban J connectivity index is 1.17. The molecule has 3 aromatic rings. The van der Waals surface area contributed by atoms with Gasteiger partial charge in [-0.1, -0.05) is 30.3 Å². The van der Waals surface area contributed by atoms with Gasteiger partial charge in [-0.25, -0.2) is 0 Å². The Bertz CT molecular complexity index is 1000. The predicted octanol–water partition coefficient (Wildman–Crippen LogP) is 4.42. The molecule has 1 spiro atoms. The molecule has 2 aromatic carbocycles. The van der Waals surface area contributed by atoms with Crippen LogP contribution in [0.3, 0.4) is 0 Å². The number of likely N-dealkylation sites (tertiary alicyclic amines) is 1. The standard InChI is InChI=1S/C24H27N3O2/c1-29-22-9-5-4-8-21(22)26-23(28)19-15-24(19)10-12-27(13-11-24)16-18-14-17-6-2-3-7-20(17)25-18/h2-9,14,19,25H,10-13,15-16H2,1H3,(H,26,28). The van der Waals surface area contributed by atoms with E-state index >= 15 is 0 Å². The van der Waals surface area contributed by atoms with E-state index in [9.17, 15) is 4.79 Å². The second kappa shape index (κ2) is 7.23. The molecule has 2 N–H and O–H groups in total. The number of carbonyl (C=O) groups excluding carboxylic acids is 1. The van der Waals surface area contributed by atoms with Gasteiger partial charge in [0.1, 0.15) is 5.75 Å². The molecule has 0 bridgehead atoms. The summed E-state index contributed by atoms with van der Waals surface area (Å²) in [7, 11) is 1.63. The molecular weight excluding hydrogens is 362 g/mol. The topological polar surface area (TPSA) is 57.4 Å². The van der Waals surface area contributed by atoms with Crippen LogP contribution in [0.5, 0.6) is 5.75 Å².